The van der Waals surface area contributed by atoms with Gasteiger partial charge in [0.15, 0.2) is 4.80 Å². The fourth-order valence-corrected chi connectivity index (χ4v) is 5.81. The lowest BCUT2D eigenvalue weighted by atomic mass is 10.1. The van der Waals surface area contributed by atoms with Crippen LogP contribution in [0.1, 0.15) is 28.8 Å². The molecular weight excluding hydrogens is 450 g/mol. The molecule has 1 aliphatic heterocycles. The van der Waals surface area contributed by atoms with Gasteiger partial charge in [-0.3, -0.25) is 4.79 Å². The van der Waals surface area contributed by atoms with Crippen molar-refractivity contribution in [1.82, 2.24) is 4.57 Å². The second kappa shape index (κ2) is 9.87. The number of ether oxygens (including phenoxy) is 1. The zero-order chi connectivity index (χ0) is 22.6. The number of thiazole rings is 1. The fourth-order valence-electron chi connectivity index (χ4n) is 3.89. The minimum absolute atomic E-state index is 0.121. The number of carbonyl (C=O) groups excluding carboxylic acids is 1. The van der Waals surface area contributed by atoms with E-state index in [0.717, 1.165) is 51.1 Å². The van der Waals surface area contributed by atoms with Crippen molar-refractivity contribution < 1.29 is 9.53 Å². The van der Waals surface area contributed by atoms with E-state index >= 15 is 0 Å². The van der Waals surface area contributed by atoms with Gasteiger partial charge < -0.3 is 14.6 Å². The molecule has 1 saturated heterocycles. The minimum Gasteiger partial charge on any atom is -0.376 e. The maximum absolute atomic E-state index is 13.1. The first kappa shape index (κ1) is 21.8. The van der Waals surface area contributed by atoms with Gasteiger partial charge in [-0.2, -0.15) is 0 Å². The number of rotatable bonds is 6. The Balaban J connectivity index is 1.62. The zero-order valence-electron chi connectivity index (χ0n) is 18.4. The second-order valence-electron chi connectivity index (χ2n) is 8.05. The van der Waals surface area contributed by atoms with Gasteiger partial charge in [-0.25, -0.2) is 4.99 Å². The Morgan fingerprint density at radius 3 is 2.64 bits per heavy atom. The van der Waals surface area contributed by atoms with Crippen molar-refractivity contribution >= 4 is 39.3 Å². The van der Waals surface area contributed by atoms with Gasteiger partial charge in [-0.05, 0) is 55.5 Å². The quantitative estimate of drug-likeness (QED) is 0.358. The van der Waals surface area contributed by atoms with E-state index in [2.05, 4.69) is 21.3 Å². The van der Waals surface area contributed by atoms with E-state index in [1.807, 2.05) is 67.6 Å². The molecule has 7 heteroatoms. The molecule has 3 heterocycles. The third-order valence-electron chi connectivity index (χ3n) is 5.60. The summed E-state index contributed by atoms with van der Waals surface area (Å²) in [5.41, 5.74) is 3.63. The van der Waals surface area contributed by atoms with Crippen LogP contribution in [0, 0.1) is 6.92 Å². The smallest absolute Gasteiger partial charge is 0.256 e. The van der Waals surface area contributed by atoms with Crippen molar-refractivity contribution in [2.24, 2.45) is 4.99 Å². The number of anilines is 1. The summed E-state index contributed by atoms with van der Waals surface area (Å²) in [6.45, 7) is 3.52. The molecule has 4 aromatic rings. The second-order valence-corrected chi connectivity index (χ2v) is 9.98. The number of nitrogens with one attached hydrogen (secondary N) is 1. The Morgan fingerprint density at radius 1 is 1.12 bits per heavy atom. The first-order valence-corrected chi connectivity index (χ1v) is 12.7. The lowest BCUT2D eigenvalue weighted by molar-refractivity contribution is 0.0968. The molecule has 0 unspecified atom stereocenters. The van der Waals surface area contributed by atoms with Gasteiger partial charge in [-0.15, -0.1) is 11.3 Å². The van der Waals surface area contributed by atoms with Gasteiger partial charge in [-0.1, -0.05) is 53.3 Å². The molecular formula is C26H25N3O2S2. The summed E-state index contributed by atoms with van der Waals surface area (Å²) in [5.74, 6) is -0.121. The van der Waals surface area contributed by atoms with Gasteiger partial charge in [0.2, 0.25) is 0 Å². The number of para-hydroxylation sites is 1. The molecule has 1 fully saturated rings. The van der Waals surface area contributed by atoms with Crippen LogP contribution < -0.4 is 10.1 Å². The average molecular weight is 476 g/mol. The third-order valence-corrected chi connectivity index (χ3v) is 7.47. The van der Waals surface area contributed by atoms with Crippen molar-refractivity contribution in [3.63, 3.8) is 0 Å². The number of benzene rings is 2. The van der Waals surface area contributed by atoms with Crippen LogP contribution in [0.5, 0.6) is 0 Å². The number of thiophene rings is 1. The molecule has 5 nitrogen and oxygen atoms in total. The summed E-state index contributed by atoms with van der Waals surface area (Å²) < 4.78 is 8.18. The highest BCUT2D eigenvalue weighted by Gasteiger charge is 2.23. The topological polar surface area (TPSA) is 55.6 Å². The molecule has 0 aliphatic carbocycles. The summed E-state index contributed by atoms with van der Waals surface area (Å²) in [6, 6.07) is 21.7. The van der Waals surface area contributed by atoms with Crippen LogP contribution in [0.25, 0.3) is 10.6 Å². The van der Waals surface area contributed by atoms with Crippen LogP contribution in [-0.4, -0.2) is 23.2 Å². The molecule has 2 aromatic carbocycles. The zero-order valence-corrected chi connectivity index (χ0v) is 20.0. The normalized spacial score (nSPS) is 16.3. The summed E-state index contributed by atoms with van der Waals surface area (Å²) in [6.07, 6.45) is 2.25. The maximum Gasteiger partial charge on any atom is 0.256 e. The lowest BCUT2D eigenvalue weighted by Crippen LogP contribution is -2.24. The Labute approximate surface area is 201 Å². The summed E-state index contributed by atoms with van der Waals surface area (Å²) in [4.78, 5) is 20.0. The molecule has 2 aromatic heterocycles. The Bertz CT molecular complexity index is 1280. The number of carbonyl (C=O) groups is 1. The summed E-state index contributed by atoms with van der Waals surface area (Å²) >= 11 is 3.16. The maximum atomic E-state index is 13.1. The third kappa shape index (κ3) is 5.00. The van der Waals surface area contributed by atoms with Crippen LogP contribution >= 0.6 is 22.7 Å². The van der Waals surface area contributed by atoms with E-state index in [-0.39, 0.29) is 12.0 Å². The number of nitrogens with zero attached hydrogens (tertiary/aromatic N) is 2. The molecule has 1 N–H and O–H groups in total. The predicted octanol–water partition coefficient (Wildman–Crippen LogP) is 6.25. The highest BCUT2D eigenvalue weighted by molar-refractivity contribution is 7.16. The first-order valence-electron chi connectivity index (χ1n) is 11.0. The van der Waals surface area contributed by atoms with E-state index in [0.29, 0.717) is 12.1 Å². The molecule has 1 amide bonds. The van der Waals surface area contributed by atoms with E-state index in [9.17, 15) is 4.79 Å². The minimum atomic E-state index is -0.121. The van der Waals surface area contributed by atoms with E-state index in [4.69, 9.17) is 9.73 Å². The average Bonchev–Trinajstić information content (AvgIpc) is 3.58. The molecule has 33 heavy (non-hydrogen) atoms. The van der Waals surface area contributed by atoms with Gasteiger partial charge in [0.1, 0.15) is 5.00 Å². The Hall–Kier alpha value is -3.00. The largest absolute Gasteiger partial charge is 0.376 e. The van der Waals surface area contributed by atoms with Crippen LogP contribution in [0.3, 0.4) is 0 Å². The van der Waals surface area contributed by atoms with Crippen LogP contribution in [0.2, 0.25) is 0 Å². The SMILES string of the molecule is Cc1ccc(C(=O)Nc2sc(=Nc3ccccc3)n(C[C@H]3CCCO3)c2-c2cccs2)cc1. The number of hydrogen-bond donors (Lipinski definition) is 1. The van der Waals surface area contributed by atoms with Gasteiger partial charge in [0.05, 0.1) is 28.9 Å². The van der Waals surface area contributed by atoms with Crippen LogP contribution in [-0.2, 0) is 11.3 Å². The fraction of sp³-hybridized carbons (Fsp3) is 0.231. The number of hydrogen-bond acceptors (Lipinski definition) is 5. The van der Waals surface area contributed by atoms with E-state index in [1.165, 1.54) is 11.3 Å². The van der Waals surface area contributed by atoms with Crippen molar-refractivity contribution in [2.45, 2.75) is 32.4 Å². The molecule has 0 spiro atoms. The number of aromatic nitrogens is 1. The van der Waals surface area contributed by atoms with Gasteiger partial charge in [0, 0.05) is 12.2 Å². The molecule has 168 valence electrons. The number of amides is 1. The van der Waals surface area contributed by atoms with Crippen LogP contribution in [0.4, 0.5) is 10.7 Å². The monoisotopic (exact) mass is 475 g/mol. The summed E-state index contributed by atoms with van der Waals surface area (Å²) in [7, 11) is 0. The highest BCUT2D eigenvalue weighted by Crippen LogP contribution is 2.35. The standard InChI is InChI=1S/C26H25N3O2S2/c1-18-11-13-19(14-12-18)24(30)28-25-23(22-10-6-16-32-22)29(17-21-9-5-15-31-21)26(33-25)27-20-7-3-2-4-8-20/h2-4,6-8,10-14,16,21H,5,9,15,17H2,1H3,(H,28,30)/t21-/m1/s1. The van der Waals surface area contributed by atoms with Gasteiger partial charge in [0.25, 0.3) is 5.91 Å². The molecule has 0 radical (unpaired) electrons. The molecule has 0 saturated carbocycles. The van der Waals surface area contributed by atoms with Crippen LogP contribution in [0.15, 0.2) is 77.1 Å². The molecule has 1 atom stereocenters. The van der Waals surface area contributed by atoms with E-state index < -0.39 is 0 Å². The molecule has 5 rings (SSSR count). The predicted molar refractivity (Wildman–Crippen MR) is 135 cm³/mol. The van der Waals surface area contributed by atoms with Crippen molar-refractivity contribution in [3.8, 4) is 10.6 Å². The van der Waals surface area contributed by atoms with Crippen molar-refractivity contribution in [3.05, 3.63) is 88.0 Å². The Morgan fingerprint density at radius 2 is 1.94 bits per heavy atom. The van der Waals surface area contributed by atoms with E-state index in [1.54, 1.807) is 11.3 Å². The Kier molecular flexibility index (Phi) is 6.53. The van der Waals surface area contributed by atoms with Crippen molar-refractivity contribution in [1.29, 1.82) is 0 Å². The summed E-state index contributed by atoms with van der Waals surface area (Å²) in [5, 5.41) is 6.03. The van der Waals surface area contributed by atoms with Crippen molar-refractivity contribution in [2.75, 3.05) is 11.9 Å². The highest BCUT2D eigenvalue weighted by atomic mass is 32.1. The number of aryl methyl sites for hydroxylation is 1. The molecule has 1 aliphatic rings. The lowest BCUT2D eigenvalue weighted by Gasteiger charge is -2.14. The molecule has 0 bridgehead atoms. The van der Waals surface area contributed by atoms with Gasteiger partial charge >= 0.3 is 0 Å². The first-order chi connectivity index (χ1) is 16.2.